The second kappa shape index (κ2) is 4.74. The molecule has 5 heteroatoms. The fourth-order valence-corrected chi connectivity index (χ4v) is 2.67. The van der Waals surface area contributed by atoms with E-state index in [1.165, 1.54) is 0 Å². The molecule has 1 amide bonds. The molecule has 0 aliphatic carbocycles. The van der Waals surface area contributed by atoms with Crippen molar-refractivity contribution >= 4 is 5.91 Å². The second-order valence-corrected chi connectivity index (χ2v) is 5.08. The third kappa shape index (κ3) is 2.26. The number of carbonyl (C=O) groups is 1. The van der Waals surface area contributed by atoms with Crippen molar-refractivity contribution in [1.29, 1.82) is 0 Å². The number of hydrogen-bond acceptors (Lipinski definition) is 4. The van der Waals surface area contributed by atoms with Gasteiger partial charge in [0.25, 0.3) is 5.91 Å². The van der Waals surface area contributed by atoms with Crippen molar-refractivity contribution in [3.05, 3.63) is 23.8 Å². The molecule has 2 aliphatic rings. The first-order chi connectivity index (χ1) is 9.22. The molecule has 5 nitrogen and oxygen atoms in total. The van der Waals surface area contributed by atoms with E-state index in [0.717, 1.165) is 25.9 Å². The number of ether oxygens (including phenoxy) is 2. The van der Waals surface area contributed by atoms with Gasteiger partial charge in [0, 0.05) is 18.9 Å². The fourth-order valence-electron chi connectivity index (χ4n) is 2.67. The Morgan fingerprint density at radius 2 is 2.11 bits per heavy atom. The summed E-state index contributed by atoms with van der Waals surface area (Å²) in [5.74, 6) is 1.25. The summed E-state index contributed by atoms with van der Waals surface area (Å²) in [6, 6.07) is 5.33. The Balaban J connectivity index is 1.98. The van der Waals surface area contributed by atoms with Gasteiger partial charge in [-0.2, -0.15) is 0 Å². The van der Waals surface area contributed by atoms with Crippen molar-refractivity contribution in [3.63, 3.8) is 0 Å². The standard InChI is InChI=1S/C14H18N2O3/c1-18-10-2-3-11-12(8-10)19-14(9-16-13(11)17)4-6-15-7-5-14/h2-3,8,15H,4-7,9H2,1H3,(H,16,17). The normalized spacial score (nSPS) is 21.0. The summed E-state index contributed by atoms with van der Waals surface area (Å²) in [7, 11) is 1.61. The van der Waals surface area contributed by atoms with Crippen molar-refractivity contribution in [2.45, 2.75) is 18.4 Å². The Morgan fingerprint density at radius 1 is 1.32 bits per heavy atom. The van der Waals surface area contributed by atoms with Gasteiger partial charge in [0.15, 0.2) is 0 Å². The number of nitrogens with one attached hydrogen (secondary N) is 2. The van der Waals surface area contributed by atoms with Crippen LogP contribution in [0.15, 0.2) is 18.2 Å². The summed E-state index contributed by atoms with van der Waals surface area (Å²) in [6.45, 7) is 2.38. The predicted molar refractivity (Wildman–Crippen MR) is 70.8 cm³/mol. The first-order valence-electron chi connectivity index (χ1n) is 6.58. The number of amides is 1. The molecule has 102 valence electrons. The van der Waals surface area contributed by atoms with E-state index in [2.05, 4.69) is 10.6 Å². The molecule has 2 aliphatic heterocycles. The SMILES string of the molecule is COc1ccc2c(c1)OC1(CCNCC1)CNC2=O. The first kappa shape index (κ1) is 12.3. The Morgan fingerprint density at radius 3 is 2.84 bits per heavy atom. The summed E-state index contributed by atoms with van der Waals surface area (Å²) in [5, 5.41) is 6.28. The molecule has 1 fully saturated rings. The highest BCUT2D eigenvalue weighted by Crippen LogP contribution is 2.33. The van der Waals surface area contributed by atoms with Crippen molar-refractivity contribution < 1.29 is 14.3 Å². The van der Waals surface area contributed by atoms with Crippen LogP contribution in [0.1, 0.15) is 23.2 Å². The van der Waals surface area contributed by atoms with Gasteiger partial charge >= 0.3 is 0 Å². The van der Waals surface area contributed by atoms with Crippen LogP contribution in [0.5, 0.6) is 11.5 Å². The lowest BCUT2D eigenvalue weighted by Gasteiger charge is -2.36. The Bertz CT molecular complexity index is 495. The maximum atomic E-state index is 12.1. The van der Waals surface area contributed by atoms with Gasteiger partial charge in [0.2, 0.25) is 0 Å². The Kier molecular flexibility index (Phi) is 3.06. The third-order valence-electron chi connectivity index (χ3n) is 3.85. The molecule has 3 rings (SSSR count). The second-order valence-electron chi connectivity index (χ2n) is 5.08. The van der Waals surface area contributed by atoms with Crippen LogP contribution in [0.2, 0.25) is 0 Å². The summed E-state index contributed by atoms with van der Waals surface area (Å²) in [6.07, 6.45) is 1.79. The van der Waals surface area contributed by atoms with E-state index < -0.39 is 0 Å². The van der Waals surface area contributed by atoms with Crippen molar-refractivity contribution in [2.24, 2.45) is 0 Å². The smallest absolute Gasteiger partial charge is 0.255 e. The third-order valence-corrected chi connectivity index (χ3v) is 3.85. The molecule has 0 radical (unpaired) electrons. The van der Waals surface area contributed by atoms with Gasteiger partial charge in [0.05, 0.1) is 19.2 Å². The van der Waals surface area contributed by atoms with Crippen LogP contribution in [0.4, 0.5) is 0 Å². The van der Waals surface area contributed by atoms with Crippen LogP contribution in [-0.4, -0.2) is 38.3 Å². The molecule has 0 unspecified atom stereocenters. The molecule has 0 atom stereocenters. The van der Waals surface area contributed by atoms with Gasteiger partial charge in [-0.25, -0.2) is 0 Å². The summed E-state index contributed by atoms with van der Waals surface area (Å²) < 4.78 is 11.4. The zero-order valence-electron chi connectivity index (χ0n) is 11.0. The van der Waals surface area contributed by atoms with E-state index in [4.69, 9.17) is 9.47 Å². The van der Waals surface area contributed by atoms with Crippen LogP contribution in [0, 0.1) is 0 Å². The lowest BCUT2D eigenvalue weighted by molar-refractivity contribution is 0.0412. The van der Waals surface area contributed by atoms with Gasteiger partial charge in [-0.05, 0) is 25.2 Å². The van der Waals surface area contributed by atoms with Gasteiger partial charge in [-0.15, -0.1) is 0 Å². The lowest BCUT2D eigenvalue weighted by Crippen LogP contribution is -2.52. The lowest BCUT2D eigenvalue weighted by atomic mass is 9.92. The van der Waals surface area contributed by atoms with E-state index in [-0.39, 0.29) is 11.5 Å². The molecule has 1 spiro atoms. The maximum Gasteiger partial charge on any atom is 0.255 e. The van der Waals surface area contributed by atoms with Gasteiger partial charge in [-0.1, -0.05) is 0 Å². The summed E-state index contributed by atoms with van der Waals surface area (Å²) >= 11 is 0. The zero-order valence-corrected chi connectivity index (χ0v) is 11.0. The largest absolute Gasteiger partial charge is 0.497 e. The average molecular weight is 262 g/mol. The molecule has 1 aromatic carbocycles. The Labute approximate surface area is 112 Å². The molecule has 19 heavy (non-hydrogen) atoms. The first-order valence-corrected chi connectivity index (χ1v) is 6.58. The molecule has 2 N–H and O–H groups in total. The molecular weight excluding hydrogens is 244 g/mol. The van der Waals surface area contributed by atoms with Crippen LogP contribution in [0.25, 0.3) is 0 Å². The van der Waals surface area contributed by atoms with Crippen LogP contribution in [-0.2, 0) is 0 Å². The molecular formula is C14H18N2O3. The summed E-state index contributed by atoms with van der Waals surface area (Å²) in [5.41, 5.74) is 0.287. The van der Waals surface area contributed by atoms with E-state index in [0.29, 0.717) is 23.6 Å². The van der Waals surface area contributed by atoms with E-state index in [1.54, 1.807) is 25.3 Å². The fraction of sp³-hybridized carbons (Fsp3) is 0.500. The van der Waals surface area contributed by atoms with Crippen LogP contribution in [0.3, 0.4) is 0 Å². The van der Waals surface area contributed by atoms with E-state index >= 15 is 0 Å². The maximum absolute atomic E-state index is 12.1. The van der Waals surface area contributed by atoms with Crippen LogP contribution >= 0.6 is 0 Å². The minimum Gasteiger partial charge on any atom is -0.497 e. The number of fused-ring (bicyclic) bond motifs is 1. The minimum absolute atomic E-state index is 0.0759. The highest BCUT2D eigenvalue weighted by Gasteiger charge is 2.38. The van der Waals surface area contributed by atoms with Crippen molar-refractivity contribution in [2.75, 3.05) is 26.7 Å². The Hall–Kier alpha value is -1.75. The predicted octanol–water partition coefficient (Wildman–Crippen LogP) is 0.940. The number of benzene rings is 1. The number of piperidine rings is 1. The molecule has 0 bridgehead atoms. The number of rotatable bonds is 1. The van der Waals surface area contributed by atoms with Gasteiger partial charge in [0.1, 0.15) is 17.1 Å². The van der Waals surface area contributed by atoms with E-state index in [9.17, 15) is 4.79 Å². The minimum atomic E-state index is -0.293. The number of hydrogen-bond donors (Lipinski definition) is 2. The highest BCUT2D eigenvalue weighted by molar-refractivity contribution is 5.97. The monoisotopic (exact) mass is 262 g/mol. The quantitative estimate of drug-likeness (QED) is 0.791. The molecule has 2 heterocycles. The van der Waals surface area contributed by atoms with Crippen LogP contribution < -0.4 is 20.1 Å². The topological polar surface area (TPSA) is 59.6 Å². The van der Waals surface area contributed by atoms with Crippen molar-refractivity contribution in [3.8, 4) is 11.5 Å². The van der Waals surface area contributed by atoms with Gasteiger partial charge in [-0.3, -0.25) is 4.79 Å². The molecule has 1 saturated heterocycles. The molecule has 0 saturated carbocycles. The number of methoxy groups -OCH3 is 1. The van der Waals surface area contributed by atoms with E-state index in [1.807, 2.05) is 0 Å². The number of carbonyl (C=O) groups excluding carboxylic acids is 1. The average Bonchev–Trinajstić information content (AvgIpc) is 2.57. The van der Waals surface area contributed by atoms with Gasteiger partial charge < -0.3 is 20.1 Å². The molecule has 1 aromatic rings. The van der Waals surface area contributed by atoms with Crippen molar-refractivity contribution in [1.82, 2.24) is 10.6 Å². The molecule has 0 aromatic heterocycles. The zero-order chi connectivity index (χ0) is 13.3. The highest BCUT2D eigenvalue weighted by atomic mass is 16.5. The summed E-state index contributed by atoms with van der Waals surface area (Å²) in [4.78, 5) is 12.1.